The molecule has 0 aliphatic heterocycles. The van der Waals surface area contributed by atoms with Crippen molar-refractivity contribution in [3.8, 4) is 0 Å². The van der Waals surface area contributed by atoms with Gasteiger partial charge in [-0.25, -0.2) is 0 Å². The van der Waals surface area contributed by atoms with Crippen LogP contribution in [0.25, 0.3) is 0 Å². The van der Waals surface area contributed by atoms with Crippen molar-refractivity contribution in [2.24, 2.45) is 5.92 Å². The van der Waals surface area contributed by atoms with Crippen molar-refractivity contribution in [3.63, 3.8) is 0 Å². The Hall–Kier alpha value is -0.930. The fourth-order valence-corrected chi connectivity index (χ4v) is 2.07. The summed E-state index contributed by atoms with van der Waals surface area (Å²) >= 11 is 0. The van der Waals surface area contributed by atoms with Crippen LogP contribution in [0.5, 0.6) is 0 Å². The predicted molar refractivity (Wildman–Crippen MR) is 70.9 cm³/mol. The molecule has 0 saturated heterocycles. The highest BCUT2D eigenvalue weighted by Crippen LogP contribution is 2.24. The molecule has 0 aliphatic rings. The molecule has 0 spiro atoms. The molecular formula is C14H24N2O. The zero-order valence-electron chi connectivity index (χ0n) is 11.3. The summed E-state index contributed by atoms with van der Waals surface area (Å²) in [5, 5.41) is 3.50. The van der Waals surface area contributed by atoms with E-state index in [0.29, 0.717) is 5.92 Å². The molecule has 0 aromatic carbocycles. The first kappa shape index (κ1) is 14.1. The van der Waals surface area contributed by atoms with E-state index < -0.39 is 0 Å². The van der Waals surface area contributed by atoms with Crippen molar-refractivity contribution >= 4 is 0 Å². The number of hydrogen-bond donors (Lipinski definition) is 1. The smallest absolute Gasteiger partial charge is 0.0792 e. The van der Waals surface area contributed by atoms with Crippen molar-refractivity contribution in [1.82, 2.24) is 10.3 Å². The molecule has 0 fully saturated rings. The Morgan fingerprint density at radius 1 is 1.35 bits per heavy atom. The van der Waals surface area contributed by atoms with Crippen LogP contribution < -0.4 is 5.32 Å². The number of nitrogens with one attached hydrogen (secondary N) is 1. The number of hydrogen-bond acceptors (Lipinski definition) is 3. The predicted octanol–water partition coefficient (Wildman–Crippen LogP) is 2.79. The van der Waals surface area contributed by atoms with E-state index in [9.17, 15) is 0 Å². The maximum Gasteiger partial charge on any atom is 0.0792 e. The van der Waals surface area contributed by atoms with Gasteiger partial charge in [0.05, 0.1) is 12.1 Å². The molecule has 1 aromatic rings. The molecular weight excluding hydrogens is 212 g/mol. The normalized spacial score (nSPS) is 14.9. The lowest BCUT2D eigenvalue weighted by Crippen LogP contribution is -2.37. The average Bonchev–Trinajstić information content (AvgIpc) is 2.34. The summed E-state index contributed by atoms with van der Waals surface area (Å²) in [4.78, 5) is 4.19. The van der Waals surface area contributed by atoms with Crippen LogP contribution in [0.2, 0.25) is 0 Å². The minimum atomic E-state index is 0.184. The summed E-state index contributed by atoms with van der Waals surface area (Å²) in [6.45, 7) is 10.2. The Balaban J connectivity index is 2.89. The number of ether oxygens (including phenoxy) is 1. The molecule has 1 N–H and O–H groups in total. The summed E-state index contributed by atoms with van der Waals surface area (Å²) in [5.41, 5.74) is 1.20. The van der Waals surface area contributed by atoms with E-state index in [2.05, 4.69) is 37.1 Å². The number of aromatic nitrogens is 1. The molecule has 3 heteroatoms. The topological polar surface area (TPSA) is 34.2 Å². The van der Waals surface area contributed by atoms with Crippen LogP contribution in [-0.4, -0.2) is 24.2 Å². The molecule has 2 atom stereocenters. The van der Waals surface area contributed by atoms with Crippen molar-refractivity contribution in [2.45, 2.75) is 39.8 Å². The second-order valence-corrected chi connectivity index (χ2v) is 4.49. The van der Waals surface area contributed by atoms with Crippen molar-refractivity contribution < 1.29 is 4.74 Å². The number of pyridine rings is 1. The summed E-state index contributed by atoms with van der Waals surface area (Å²) in [6, 6.07) is 4.30. The lowest BCUT2D eigenvalue weighted by molar-refractivity contribution is 0.00310. The van der Waals surface area contributed by atoms with E-state index >= 15 is 0 Å². The second-order valence-electron chi connectivity index (χ2n) is 4.49. The summed E-state index contributed by atoms with van der Waals surface area (Å²) < 4.78 is 5.88. The van der Waals surface area contributed by atoms with E-state index in [0.717, 1.165) is 13.2 Å². The van der Waals surface area contributed by atoms with Gasteiger partial charge in [-0.05, 0) is 31.0 Å². The first-order valence-corrected chi connectivity index (χ1v) is 6.45. The van der Waals surface area contributed by atoms with Crippen LogP contribution in [0.3, 0.4) is 0 Å². The SMILES string of the molecule is CCNC(c1cccnc1)C(OCC)C(C)C. The number of likely N-dealkylation sites (N-methyl/N-ethyl adjacent to an activating group) is 1. The van der Waals surface area contributed by atoms with Crippen molar-refractivity contribution in [3.05, 3.63) is 30.1 Å². The fraction of sp³-hybridized carbons (Fsp3) is 0.643. The first-order valence-electron chi connectivity index (χ1n) is 6.45. The molecule has 0 bridgehead atoms. The molecule has 3 nitrogen and oxygen atoms in total. The Bertz CT molecular complexity index is 300. The third kappa shape index (κ3) is 4.10. The Kier molecular flexibility index (Phi) is 6.16. The van der Waals surface area contributed by atoms with Gasteiger partial charge in [0.2, 0.25) is 0 Å². The third-order valence-electron chi connectivity index (χ3n) is 2.81. The minimum absolute atomic E-state index is 0.184. The molecule has 96 valence electrons. The molecule has 0 amide bonds. The lowest BCUT2D eigenvalue weighted by Gasteiger charge is -2.30. The van der Waals surface area contributed by atoms with Gasteiger partial charge in [-0.3, -0.25) is 4.98 Å². The van der Waals surface area contributed by atoms with E-state index in [1.54, 1.807) is 6.20 Å². The molecule has 1 rings (SSSR count). The quantitative estimate of drug-likeness (QED) is 0.790. The first-order chi connectivity index (χ1) is 8.20. The zero-order valence-corrected chi connectivity index (χ0v) is 11.3. The lowest BCUT2D eigenvalue weighted by atomic mass is 9.94. The van der Waals surface area contributed by atoms with E-state index in [1.807, 2.05) is 19.2 Å². The maximum atomic E-state index is 5.88. The van der Waals surface area contributed by atoms with Crippen molar-refractivity contribution in [2.75, 3.05) is 13.2 Å². The Morgan fingerprint density at radius 2 is 2.12 bits per heavy atom. The average molecular weight is 236 g/mol. The molecule has 1 aromatic heterocycles. The summed E-state index contributed by atoms with van der Waals surface area (Å²) in [6.07, 6.45) is 3.91. The monoisotopic (exact) mass is 236 g/mol. The molecule has 1 heterocycles. The molecule has 0 saturated carbocycles. The van der Waals surface area contributed by atoms with Gasteiger partial charge in [0, 0.05) is 19.0 Å². The van der Waals surface area contributed by atoms with Crippen molar-refractivity contribution in [1.29, 1.82) is 0 Å². The van der Waals surface area contributed by atoms with E-state index in [1.165, 1.54) is 5.56 Å². The number of nitrogens with zero attached hydrogens (tertiary/aromatic N) is 1. The van der Waals surface area contributed by atoms with Gasteiger partial charge in [-0.15, -0.1) is 0 Å². The van der Waals surface area contributed by atoms with Crippen LogP contribution in [0.15, 0.2) is 24.5 Å². The van der Waals surface area contributed by atoms with Gasteiger partial charge in [0.1, 0.15) is 0 Å². The van der Waals surface area contributed by atoms with Crippen LogP contribution in [0.4, 0.5) is 0 Å². The largest absolute Gasteiger partial charge is 0.376 e. The fourth-order valence-electron chi connectivity index (χ4n) is 2.07. The second kappa shape index (κ2) is 7.41. The zero-order chi connectivity index (χ0) is 12.7. The highest BCUT2D eigenvalue weighted by atomic mass is 16.5. The maximum absolute atomic E-state index is 5.88. The van der Waals surface area contributed by atoms with Gasteiger partial charge >= 0.3 is 0 Å². The van der Waals surface area contributed by atoms with E-state index in [4.69, 9.17) is 4.74 Å². The third-order valence-corrected chi connectivity index (χ3v) is 2.81. The highest BCUT2D eigenvalue weighted by Gasteiger charge is 2.25. The molecule has 17 heavy (non-hydrogen) atoms. The van der Waals surface area contributed by atoms with Gasteiger partial charge in [-0.2, -0.15) is 0 Å². The minimum Gasteiger partial charge on any atom is -0.376 e. The Labute approximate surface area is 105 Å². The summed E-state index contributed by atoms with van der Waals surface area (Å²) in [5.74, 6) is 0.471. The Morgan fingerprint density at radius 3 is 2.59 bits per heavy atom. The van der Waals surface area contributed by atoms with Gasteiger partial charge < -0.3 is 10.1 Å². The van der Waals surface area contributed by atoms with Gasteiger partial charge in [-0.1, -0.05) is 26.8 Å². The van der Waals surface area contributed by atoms with Crippen LogP contribution >= 0.6 is 0 Å². The standard InChI is InChI=1S/C14H24N2O/c1-5-16-13(12-8-7-9-15-10-12)14(11(3)4)17-6-2/h7-11,13-14,16H,5-6H2,1-4H3. The van der Waals surface area contributed by atoms with Crippen LogP contribution in [0, 0.1) is 5.92 Å². The van der Waals surface area contributed by atoms with Crippen LogP contribution in [-0.2, 0) is 4.74 Å². The van der Waals surface area contributed by atoms with E-state index in [-0.39, 0.29) is 12.1 Å². The molecule has 0 aliphatic carbocycles. The summed E-state index contributed by atoms with van der Waals surface area (Å²) in [7, 11) is 0. The number of rotatable bonds is 7. The highest BCUT2D eigenvalue weighted by molar-refractivity contribution is 5.15. The van der Waals surface area contributed by atoms with Crippen LogP contribution in [0.1, 0.15) is 39.3 Å². The van der Waals surface area contributed by atoms with Gasteiger partial charge in [0.25, 0.3) is 0 Å². The molecule has 2 unspecified atom stereocenters. The molecule has 0 radical (unpaired) electrons. The van der Waals surface area contributed by atoms with Gasteiger partial charge in [0.15, 0.2) is 0 Å².